The van der Waals surface area contributed by atoms with E-state index in [4.69, 9.17) is 0 Å². The molecule has 0 aromatic heterocycles. The number of rotatable bonds is 5. The highest BCUT2D eigenvalue weighted by atomic mass is 32.2. The maximum Gasteiger partial charge on any atom is 0.282 e. The van der Waals surface area contributed by atoms with Crippen molar-refractivity contribution < 1.29 is 4.92 Å². The number of benzene rings is 1. The molecule has 0 bridgehead atoms. The monoisotopic (exact) mass is 294 g/mol. The SMILES string of the molecule is CCNC1C(Sc2ccccc2[N+](=O)[O-])CCC1(C)C. The molecule has 20 heavy (non-hydrogen) atoms. The van der Waals surface area contributed by atoms with Crippen molar-refractivity contribution in [3.63, 3.8) is 0 Å². The van der Waals surface area contributed by atoms with Gasteiger partial charge in [-0.2, -0.15) is 0 Å². The van der Waals surface area contributed by atoms with Crippen LogP contribution in [0.15, 0.2) is 29.2 Å². The van der Waals surface area contributed by atoms with Gasteiger partial charge in [-0.15, -0.1) is 11.8 Å². The van der Waals surface area contributed by atoms with Gasteiger partial charge in [0, 0.05) is 17.4 Å². The molecule has 0 saturated heterocycles. The average Bonchev–Trinajstić information content (AvgIpc) is 2.67. The van der Waals surface area contributed by atoms with E-state index in [2.05, 4.69) is 26.1 Å². The third kappa shape index (κ3) is 3.15. The summed E-state index contributed by atoms with van der Waals surface area (Å²) in [7, 11) is 0. The minimum Gasteiger partial charge on any atom is -0.313 e. The van der Waals surface area contributed by atoms with Gasteiger partial charge in [-0.05, 0) is 30.9 Å². The lowest BCUT2D eigenvalue weighted by molar-refractivity contribution is -0.387. The molecule has 0 heterocycles. The van der Waals surface area contributed by atoms with Crippen LogP contribution < -0.4 is 5.32 Å². The van der Waals surface area contributed by atoms with Gasteiger partial charge in [-0.3, -0.25) is 10.1 Å². The van der Waals surface area contributed by atoms with Gasteiger partial charge in [0.25, 0.3) is 5.69 Å². The summed E-state index contributed by atoms with van der Waals surface area (Å²) in [4.78, 5) is 11.6. The zero-order valence-corrected chi connectivity index (χ0v) is 13.1. The lowest BCUT2D eigenvalue weighted by Crippen LogP contribution is -2.43. The summed E-state index contributed by atoms with van der Waals surface area (Å²) in [6.45, 7) is 7.60. The topological polar surface area (TPSA) is 55.2 Å². The molecule has 1 aromatic carbocycles. The van der Waals surface area contributed by atoms with Gasteiger partial charge in [0.15, 0.2) is 0 Å². The minimum atomic E-state index is -0.287. The molecular formula is C15H22N2O2S. The second kappa shape index (κ2) is 6.14. The maximum absolute atomic E-state index is 11.1. The van der Waals surface area contributed by atoms with Crippen LogP contribution in [0.2, 0.25) is 0 Å². The quantitative estimate of drug-likeness (QED) is 0.662. The van der Waals surface area contributed by atoms with Crippen LogP contribution >= 0.6 is 11.8 Å². The first kappa shape index (κ1) is 15.3. The summed E-state index contributed by atoms with van der Waals surface area (Å²) >= 11 is 1.65. The molecule has 110 valence electrons. The first-order valence-electron chi connectivity index (χ1n) is 7.09. The van der Waals surface area contributed by atoms with Crippen molar-refractivity contribution in [2.45, 2.75) is 49.8 Å². The number of nitro groups is 1. The lowest BCUT2D eigenvalue weighted by atomic mass is 9.87. The molecule has 0 aliphatic heterocycles. The fourth-order valence-electron chi connectivity index (χ4n) is 2.97. The van der Waals surface area contributed by atoms with Crippen molar-refractivity contribution in [2.24, 2.45) is 5.41 Å². The molecule has 1 saturated carbocycles. The van der Waals surface area contributed by atoms with Crippen LogP contribution in [0, 0.1) is 15.5 Å². The van der Waals surface area contributed by atoms with E-state index in [9.17, 15) is 10.1 Å². The molecule has 5 heteroatoms. The van der Waals surface area contributed by atoms with Crippen LogP contribution in [0.25, 0.3) is 0 Å². The number of nitro benzene ring substituents is 1. The predicted molar refractivity (Wildman–Crippen MR) is 83.2 cm³/mol. The van der Waals surface area contributed by atoms with Crippen LogP contribution in [0.1, 0.15) is 33.6 Å². The largest absolute Gasteiger partial charge is 0.313 e. The van der Waals surface area contributed by atoms with Crippen molar-refractivity contribution in [3.05, 3.63) is 34.4 Å². The van der Waals surface area contributed by atoms with Crippen LogP contribution in [0.5, 0.6) is 0 Å². The van der Waals surface area contributed by atoms with Crippen LogP contribution in [-0.2, 0) is 0 Å². The van der Waals surface area contributed by atoms with Gasteiger partial charge in [-0.1, -0.05) is 32.9 Å². The Balaban J connectivity index is 2.19. The smallest absolute Gasteiger partial charge is 0.282 e. The Hall–Kier alpha value is -1.07. The third-order valence-electron chi connectivity index (χ3n) is 4.05. The average molecular weight is 294 g/mol. The maximum atomic E-state index is 11.1. The molecule has 1 aromatic rings. The Morgan fingerprint density at radius 2 is 2.15 bits per heavy atom. The van der Waals surface area contributed by atoms with Gasteiger partial charge in [0.05, 0.1) is 9.82 Å². The normalized spacial score (nSPS) is 24.8. The van der Waals surface area contributed by atoms with E-state index >= 15 is 0 Å². The van der Waals surface area contributed by atoms with Crippen LogP contribution in [-0.4, -0.2) is 22.8 Å². The molecule has 0 radical (unpaired) electrons. The summed E-state index contributed by atoms with van der Waals surface area (Å²) in [5.41, 5.74) is 0.467. The molecule has 0 spiro atoms. The Morgan fingerprint density at radius 3 is 2.80 bits per heavy atom. The predicted octanol–water partition coefficient (Wildman–Crippen LogP) is 3.85. The zero-order chi connectivity index (χ0) is 14.8. The zero-order valence-electron chi connectivity index (χ0n) is 12.3. The molecule has 1 aliphatic carbocycles. The number of para-hydroxylation sites is 1. The Morgan fingerprint density at radius 1 is 1.45 bits per heavy atom. The summed E-state index contributed by atoms with van der Waals surface area (Å²) in [5.74, 6) is 0. The molecule has 2 rings (SSSR count). The van der Waals surface area contributed by atoms with Gasteiger partial charge < -0.3 is 5.32 Å². The van der Waals surface area contributed by atoms with E-state index in [1.165, 1.54) is 0 Å². The number of thioether (sulfide) groups is 1. The molecule has 0 amide bonds. The molecule has 1 aliphatic rings. The fourth-order valence-corrected chi connectivity index (χ4v) is 4.55. The molecule has 1 N–H and O–H groups in total. The highest BCUT2D eigenvalue weighted by Crippen LogP contribution is 2.46. The van der Waals surface area contributed by atoms with E-state index < -0.39 is 0 Å². The first-order valence-corrected chi connectivity index (χ1v) is 7.97. The van der Waals surface area contributed by atoms with Crippen LogP contribution in [0.4, 0.5) is 5.69 Å². The standard InChI is InChI=1S/C15H22N2O2S/c1-4-16-14-13(9-10-15(14,2)3)20-12-8-6-5-7-11(12)17(18)19/h5-8,13-14,16H,4,9-10H2,1-3H3. The Bertz CT molecular complexity index is 491. The highest BCUT2D eigenvalue weighted by Gasteiger charge is 2.42. The molecule has 4 nitrogen and oxygen atoms in total. The van der Waals surface area contributed by atoms with Crippen molar-refractivity contribution in [1.82, 2.24) is 5.32 Å². The van der Waals surface area contributed by atoms with E-state index in [1.54, 1.807) is 23.9 Å². The van der Waals surface area contributed by atoms with Gasteiger partial charge in [-0.25, -0.2) is 0 Å². The minimum absolute atomic E-state index is 0.220. The third-order valence-corrected chi connectivity index (χ3v) is 5.46. The first-order chi connectivity index (χ1) is 9.45. The number of nitrogens with zero attached hydrogens (tertiary/aromatic N) is 1. The molecular weight excluding hydrogens is 272 g/mol. The Kier molecular flexibility index (Phi) is 4.70. The van der Waals surface area contributed by atoms with Crippen LogP contribution in [0.3, 0.4) is 0 Å². The molecule has 2 unspecified atom stereocenters. The second-order valence-electron chi connectivity index (χ2n) is 5.94. The van der Waals surface area contributed by atoms with Crippen molar-refractivity contribution in [3.8, 4) is 0 Å². The lowest BCUT2D eigenvalue weighted by Gasteiger charge is -2.31. The Labute approximate surface area is 124 Å². The molecule has 1 fully saturated rings. The number of hydrogen-bond acceptors (Lipinski definition) is 4. The second-order valence-corrected chi connectivity index (χ2v) is 7.22. The number of nitrogens with one attached hydrogen (secondary N) is 1. The van der Waals surface area contributed by atoms with E-state index in [0.29, 0.717) is 11.3 Å². The summed E-state index contributed by atoms with van der Waals surface area (Å²) in [5, 5.41) is 15.1. The van der Waals surface area contributed by atoms with E-state index in [-0.39, 0.29) is 16.0 Å². The van der Waals surface area contributed by atoms with E-state index in [0.717, 1.165) is 24.3 Å². The fraction of sp³-hybridized carbons (Fsp3) is 0.600. The summed E-state index contributed by atoms with van der Waals surface area (Å²) in [6.07, 6.45) is 2.25. The van der Waals surface area contributed by atoms with Gasteiger partial charge in [0.1, 0.15) is 0 Å². The highest BCUT2D eigenvalue weighted by molar-refractivity contribution is 8.00. The summed E-state index contributed by atoms with van der Waals surface area (Å²) < 4.78 is 0. The van der Waals surface area contributed by atoms with Crippen molar-refractivity contribution in [1.29, 1.82) is 0 Å². The van der Waals surface area contributed by atoms with Crippen molar-refractivity contribution >= 4 is 17.4 Å². The van der Waals surface area contributed by atoms with E-state index in [1.807, 2.05) is 12.1 Å². The van der Waals surface area contributed by atoms with Gasteiger partial charge >= 0.3 is 0 Å². The number of hydrogen-bond donors (Lipinski definition) is 1. The molecule has 2 atom stereocenters. The summed E-state index contributed by atoms with van der Waals surface area (Å²) in [6, 6.07) is 7.44. The van der Waals surface area contributed by atoms with Gasteiger partial charge in [0.2, 0.25) is 0 Å². The van der Waals surface area contributed by atoms with Crippen molar-refractivity contribution in [2.75, 3.05) is 6.54 Å².